The highest BCUT2D eigenvalue weighted by atomic mass is 35.5. The van der Waals surface area contributed by atoms with Crippen molar-refractivity contribution in [2.75, 3.05) is 19.1 Å². The fourth-order valence-corrected chi connectivity index (χ4v) is 1.05. The van der Waals surface area contributed by atoms with Crippen molar-refractivity contribution in [1.82, 2.24) is 9.78 Å². The number of hydrogen-bond donors (Lipinski definition) is 1. The molecule has 1 heterocycles. The molecule has 0 radical (unpaired) electrons. The molecule has 0 saturated heterocycles. The van der Waals surface area contributed by atoms with Crippen LogP contribution in [-0.2, 0) is 11.3 Å². The number of nitrogens with zero attached hydrogens (tertiary/aromatic N) is 1. The average Bonchev–Trinajstić information content (AvgIpc) is 2.18. The summed E-state index contributed by atoms with van der Waals surface area (Å²) < 4.78 is 6.27. The fraction of sp³-hybridized carbons (Fsp3) is 0.500. The van der Waals surface area contributed by atoms with E-state index in [9.17, 15) is 9.59 Å². The zero-order chi connectivity index (χ0) is 10.4. The number of hydrogen-bond acceptors (Lipinski definition) is 3. The van der Waals surface area contributed by atoms with Crippen LogP contribution in [0.3, 0.4) is 0 Å². The lowest BCUT2D eigenvalue weighted by Crippen LogP contribution is -2.29. The summed E-state index contributed by atoms with van der Waals surface area (Å²) in [7, 11) is 0. The lowest BCUT2D eigenvalue weighted by atomic mass is 10.5. The first-order chi connectivity index (χ1) is 6.74. The third-order valence-corrected chi connectivity index (χ3v) is 1.72. The summed E-state index contributed by atoms with van der Waals surface area (Å²) in [5, 5.41) is 2.39. The predicted molar refractivity (Wildman–Crippen MR) is 52.9 cm³/mol. The number of aromatic amines is 1. The van der Waals surface area contributed by atoms with Crippen molar-refractivity contribution in [3.8, 4) is 0 Å². The van der Waals surface area contributed by atoms with Crippen molar-refractivity contribution in [3.63, 3.8) is 0 Å². The van der Waals surface area contributed by atoms with Crippen LogP contribution in [0.1, 0.15) is 0 Å². The van der Waals surface area contributed by atoms with Crippen LogP contribution in [0.25, 0.3) is 0 Å². The van der Waals surface area contributed by atoms with E-state index in [1.807, 2.05) is 0 Å². The van der Waals surface area contributed by atoms with Crippen molar-refractivity contribution < 1.29 is 4.74 Å². The average molecular weight is 219 g/mol. The van der Waals surface area contributed by atoms with Crippen LogP contribution in [0.2, 0.25) is 0 Å². The van der Waals surface area contributed by atoms with E-state index in [-0.39, 0.29) is 11.1 Å². The second kappa shape index (κ2) is 5.62. The summed E-state index contributed by atoms with van der Waals surface area (Å²) in [5.41, 5.74) is -0.555. The van der Waals surface area contributed by atoms with E-state index in [2.05, 4.69) is 5.10 Å². The molecule has 1 N–H and O–H groups in total. The molecule has 0 bridgehead atoms. The molecule has 0 fully saturated rings. The summed E-state index contributed by atoms with van der Waals surface area (Å²) in [6, 6.07) is 2.42. The zero-order valence-corrected chi connectivity index (χ0v) is 8.29. The third-order valence-electron chi connectivity index (χ3n) is 1.57. The topological polar surface area (TPSA) is 64.1 Å². The predicted octanol–water partition coefficient (Wildman–Crippen LogP) is -0.208. The molecule has 0 aromatic carbocycles. The van der Waals surface area contributed by atoms with Gasteiger partial charge in [0, 0.05) is 18.0 Å². The Hall–Kier alpha value is -1.07. The molecule has 0 amide bonds. The van der Waals surface area contributed by atoms with Gasteiger partial charge in [-0.05, 0) is 0 Å². The van der Waals surface area contributed by atoms with Crippen LogP contribution in [0.15, 0.2) is 21.7 Å². The van der Waals surface area contributed by atoms with Gasteiger partial charge in [-0.15, -0.1) is 11.6 Å². The molecule has 6 heteroatoms. The number of ether oxygens (including phenoxy) is 1. The van der Waals surface area contributed by atoms with Crippen LogP contribution in [-0.4, -0.2) is 28.9 Å². The molecule has 0 spiro atoms. The smallest absolute Gasteiger partial charge is 0.265 e. The highest BCUT2D eigenvalue weighted by Gasteiger charge is 1.95. The molecular formula is C8H11ClN2O3. The van der Waals surface area contributed by atoms with Crippen molar-refractivity contribution in [2.24, 2.45) is 0 Å². The molecule has 1 aromatic heterocycles. The van der Waals surface area contributed by atoms with Gasteiger partial charge in [-0.1, -0.05) is 0 Å². The van der Waals surface area contributed by atoms with Gasteiger partial charge in [0.1, 0.15) is 0 Å². The zero-order valence-electron chi connectivity index (χ0n) is 7.53. The quantitative estimate of drug-likeness (QED) is 0.550. The maximum absolute atomic E-state index is 11.1. The largest absolute Gasteiger partial charge is 0.378 e. The third kappa shape index (κ3) is 3.35. The van der Waals surface area contributed by atoms with E-state index < -0.39 is 0 Å². The second-order valence-corrected chi connectivity index (χ2v) is 2.98. The Morgan fingerprint density at radius 3 is 2.86 bits per heavy atom. The maximum Gasteiger partial charge on any atom is 0.265 e. The maximum atomic E-state index is 11.1. The number of H-pyrrole nitrogens is 1. The first kappa shape index (κ1) is 11.0. The van der Waals surface area contributed by atoms with Crippen molar-refractivity contribution in [3.05, 3.63) is 32.8 Å². The summed E-state index contributed by atoms with van der Waals surface area (Å²) in [6.45, 7) is 1.12. The SMILES string of the molecule is O=c1ccc(=O)n(CCOCCCl)[nH]1. The van der Waals surface area contributed by atoms with Crippen LogP contribution >= 0.6 is 11.6 Å². The number of rotatable bonds is 5. The molecule has 1 rings (SSSR count). The van der Waals surface area contributed by atoms with E-state index in [0.717, 1.165) is 0 Å². The number of aromatic nitrogens is 2. The lowest BCUT2D eigenvalue weighted by Gasteiger charge is -2.04. The summed E-state index contributed by atoms with van der Waals surface area (Å²) in [5.74, 6) is 0.417. The lowest BCUT2D eigenvalue weighted by molar-refractivity contribution is 0.136. The molecule has 78 valence electrons. The molecule has 0 aliphatic carbocycles. The Labute approximate surface area is 85.2 Å². The molecule has 0 aliphatic rings. The molecule has 0 saturated carbocycles. The van der Waals surface area contributed by atoms with E-state index in [0.29, 0.717) is 25.6 Å². The van der Waals surface area contributed by atoms with Crippen LogP contribution in [0, 0.1) is 0 Å². The van der Waals surface area contributed by atoms with Crippen LogP contribution in [0.4, 0.5) is 0 Å². The van der Waals surface area contributed by atoms with Gasteiger partial charge in [0.15, 0.2) is 0 Å². The van der Waals surface area contributed by atoms with E-state index in [1.54, 1.807) is 0 Å². The molecule has 5 nitrogen and oxygen atoms in total. The van der Waals surface area contributed by atoms with Crippen LogP contribution in [0.5, 0.6) is 0 Å². The molecule has 0 unspecified atom stereocenters. The monoisotopic (exact) mass is 218 g/mol. The minimum atomic E-state index is -0.304. The fourth-order valence-electron chi connectivity index (χ4n) is 0.941. The molecule has 1 aromatic rings. The molecule has 0 aliphatic heterocycles. The number of alkyl halides is 1. The van der Waals surface area contributed by atoms with Gasteiger partial charge in [-0.2, -0.15) is 0 Å². The summed E-state index contributed by atoms with van der Waals surface area (Å²) >= 11 is 5.39. The van der Waals surface area contributed by atoms with Gasteiger partial charge < -0.3 is 4.74 Å². The Balaban J connectivity index is 2.54. The Morgan fingerprint density at radius 2 is 2.14 bits per heavy atom. The normalized spacial score (nSPS) is 10.4. The van der Waals surface area contributed by atoms with Crippen molar-refractivity contribution in [1.29, 1.82) is 0 Å². The van der Waals surface area contributed by atoms with Gasteiger partial charge >= 0.3 is 0 Å². The van der Waals surface area contributed by atoms with Gasteiger partial charge in [0.05, 0.1) is 19.8 Å². The Kier molecular flexibility index (Phi) is 4.42. The van der Waals surface area contributed by atoms with Crippen molar-refractivity contribution >= 4 is 11.6 Å². The molecular weight excluding hydrogens is 208 g/mol. The highest BCUT2D eigenvalue weighted by molar-refractivity contribution is 6.17. The first-order valence-electron chi connectivity index (χ1n) is 4.18. The summed E-state index contributed by atoms with van der Waals surface area (Å²) in [4.78, 5) is 22.0. The highest BCUT2D eigenvalue weighted by Crippen LogP contribution is 1.80. The Bertz CT molecular complexity index is 385. The minimum Gasteiger partial charge on any atom is -0.378 e. The van der Waals surface area contributed by atoms with Gasteiger partial charge in [0.2, 0.25) is 0 Å². The molecule has 14 heavy (non-hydrogen) atoms. The van der Waals surface area contributed by atoms with Crippen LogP contribution < -0.4 is 11.1 Å². The molecule has 0 atom stereocenters. The second-order valence-electron chi connectivity index (χ2n) is 2.60. The number of nitrogens with one attached hydrogen (secondary N) is 1. The minimum absolute atomic E-state index is 0.251. The van der Waals surface area contributed by atoms with E-state index in [4.69, 9.17) is 16.3 Å². The Morgan fingerprint density at radius 1 is 1.36 bits per heavy atom. The summed E-state index contributed by atoms with van der Waals surface area (Å²) in [6.07, 6.45) is 0. The van der Waals surface area contributed by atoms with E-state index >= 15 is 0 Å². The standard InChI is InChI=1S/C8H11ClN2O3/c9-3-5-14-6-4-11-8(13)2-1-7(12)10-11/h1-2H,3-6H2,(H,10,12). The van der Waals surface area contributed by atoms with Crippen molar-refractivity contribution in [2.45, 2.75) is 6.54 Å². The van der Waals surface area contributed by atoms with Gasteiger partial charge in [-0.3, -0.25) is 14.7 Å². The van der Waals surface area contributed by atoms with Gasteiger partial charge in [0.25, 0.3) is 11.1 Å². The number of halogens is 1. The van der Waals surface area contributed by atoms with E-state index in [1.165, 1.54) is 16.8 Å². The van der Waals surface area contributed by atoms with Gasteiger partial charge in [-0.25, -0.2) is 4.68 Å². The first-order valence-corrected chi connectivity index (χ1v) is 4.71.